The first-order valence-electron chi connectivity index (χ1n) is 5.05. The molecular weight excluding hydrogens is 190 g/mol. The molecule has 0 aromatic heterocycles. The SMILES string of the molecule is CNCC(C)(C)Oc1cccc(OC)c1. The predicted molar refractivity (Wildman–Crippen MR) is 61.6 cm³/mol. The summed E-state index contributed by atoms with van der Waals surface area (Å²) in [4.78, 5) is 0. The number of rotatable bonds is 5. The fourth-order valence-corrected chi connectivity index (χ4v) is 1.45. The first kappa shape index (κ1) is 11.9. The average molecular weight is 209 g/mol. The fourth-order valence-electron chi connectivity index (χ4n) is 1.45. The van der Waals surface area contributed by atoms with Gasteiger partial charge in [-0.25, -0.2) is 0 Å². The van der Waals surface area contributed by atoms with Gasteiger partial charge in [-0.1, -0.05) is 6.07 Å². The van der Waals surface area contributed by atoms with Crippen molar-refractivity contribution in [3.63, 3.8) is 0 Å². The third-order valence-corrected chi connectivity index (χ3v) is 2.04. The van der Waals surface area contributed by atoms with Crippen LogP contribution >= 0.6 is 0 Å². The Morgan fingerprint density at radius 3 is 2.53 bits per heavy atom. The molecule has 15 heavy (non-hydrogen) atoms. The van der Waals surface area contributed by atoms with Gasteiger partial charge in [-0.2, -0.15) is 0 Å². The van der Waals surface area contributed by atoms with Crippen LogP contribution in [0.2, 0.25) is 0 Å². The Kier molecular flexibility index (Phi) is 3.97. The summed E-state index contributed by atoms with van der Waals surface area (Å²) in [6.45, 7) is 4.89. The number of hydrogen-bond donors (Lipinski definition) is 1. The van der Waals surface area contributed by atoms with Crippen LogP contribution in [0.25, 0.3) is 0 Å². The molecule has 0 spiro atoms. The van der Waals surface area contributed by atoms with Gasteiger partial charge in [-0.3, -0.25) is 0 Å². The molecule has 0 bridgehead atoms. The average Bonchev–Trinajstić information content (AvgIpc) is 2.17. The van der Waals surface area contributed by atoms with Crippen molar-refractivity contribution in [3.05, 3.63) is 24.3 Å². The molecule has 1 aromatic rings. The molecule has 0 saturated carbocycles. The monoisotopic (exact) mass is 209 g/mol. The molecule has 1 rings (SSSR count). The Bertz CT molecular complexity index is 310. The number of hydrogen-bond acceptors (Lipinski definition) is 3. The second-order valence-electron chi connectivity index (χ2n) is 4.07. The van der Waals surface area contributed by atoms with Crippen molar-refractivity contribution in [2.24, 2.45) is 0 Å². The molecule has 0 aliphatic rings. The second-order valence-corrected chi connectivity index (χ2v) is 4.07. The first-order chi connectivity index (χ1) is 7.07. The standard InChI is InChI=1S/C12H19NO2/c1-12(2,9-13-3)15-11-7-5-6-10(8-11)14-4/h5-8,13H,9H2,1-4H3. The molecule has 0 heterocycles. The maximum atomic E-state index is 5.84. The van der Waals surface area contributed by atoms with Crippen molar-refractivity contribution >= 4 is 0 Å². The summed E-state index contributed by atoms with van der Waals surface area (Å²) < 4.78 is 11.0. The molecule has 0 atom stereocenters. The molecule has 3 heteroatoms. The van der Waals surface area contributed by atoms with Gasteiger partial charge in [0.25, 0.3) is 0 Å². The van der Waals surface area contributed by atoms with Crippen LogP contribution < -0.4 is 14.8 Å². The van der Waals surface area contributed by atoms with Gasteiger partial charge in [-0.05, 0) is 33.0 Å². The van der Waals surface area contributed by atoms with Gasteiger partial charge < -0.3 is 14.8 Å². The van der Waals surface area contributed by atoms with E-state index in [1.54, 1.807) is 7.11 Å². The zero-order chi connectivity index (χ0) is 11.3. The Hall–Kier alpha value is -1.22. The van der Waals surface area contributed by atoms with Crippen LogP contribution in [-0.4, -0.2) is 26.3 Å². The van der Waals surface area contributed by atoms with Gasteiger partial charge in [0.2, 0.25) is 0 Å². The predicted octanol–water partition coefficient (Wildman–Crippen LogP) is 2.07. The Morgan fingerprint density at radius 2 is 1.93 bits per heavy atom. The van der Waals surface area contributed by atoms with E-state index in [0.717, 1.165) is 18.0 Å². The lowest BCUT2D eigenvalue weighted by Gasteiger charge is -2.26. The molecule has 84 valence electrons. The van der Waals surface area contributed by atoms with Crippen LogP contribution in [0, 0.1) is 0 Å². The van der Waals surface area contributed by atoms with Crippen molar-refractivity contribution in [1.29, 1.82) is 0 Å². The Morgan fingerprint density at radius 1 is 1.27 bits per heavy atom. The molecule has 0 unspecified atom stereocenters. The third kappa shape index (κ3) is 3.80. The lowest BCUT2D eigenvalue weighted by atomic mass is 10.1. The van der Waals surface area contributed by atoms with Gasteiger partial charge >= 0.3 is 0 Å². The van der Waals surface area contributed by atoms with Crippen LogP contribution in [0.3, 0.4) is 0 Å². The molecular formula is C12H19NO2. The number of nitrogens with one attached hydrogen (secondary N) is 1. The largest absolute Gasteiger partial charge is 0.497 e. The minimum atomic E-state index is -0.221. The number of ether oxygens (including phenoxy) is 2. The van der Waals surface area contributed by atoms with Crippen molar-refractivity contribution in [2.75, 3.05) is 20.7 Å². The van der Waals surface area contributed by atoms with Crippen LogP contribution in [0.1, 0.15) is 13.8 Å². The third-order valence-electron chi connectivity index (χ3n) is 2.04. The maximum Gasteiger partial charge on any atom is 0.123 e. The van der Waals surface area contributed by atoms with Crippen LogP contribution in [-0.2, 0) is 0 Å². The molecule has 1 aromatic carbocycles. The van der Waals surface area contributed by atoms with Crippen LogP contribution in [0.4, 0.5) is 0 Å². The van der Waals surface area contributed by atoms with E-state index in [9.17, 15) is 0 Å². The van der Waals surface area contributed by atoms with Crippen molar-refractivity contribution in [1.82, 2.24) is 5.32 Å². The summed E-state index contributed by atoms with van der Waals surface area (Å²) in [6, 6.07) is 7.64. The number of methoxy groups -OCH3 is 1. The first-order valence-corrected chi connectivity index (χ1v) is 5.05. The van der Waals surface area contributed by atoms with Crippen LogP contribution in [0.5, 0.6) is 11.5 Å². The number of likely N-dealkylation sites (N-methyl/N-ethyl adjacent to an activating group) is 1. The molecule has 3 nitrogen and oxygen atoms in total. The van der Waals surface area contributed by atoms with Crippen LogP contribution in [0.15, 0.2) is 24.3 Å². The van der Waals surface area contributed by atoms with Gasteiger partial charge in [0.15, 0.2) is 0 Å². The van der Waals surface area contributed by atoms with Gasteiger partial charge in [0.1, 0.15) is 17.1 Å². The minimum absolute atomic E-state index is 0.221. The molecule has 0 saturated heterocycles. The summed E-state index contributed by atoms with van der Waals surface area (Å²) in [5.74, 6) is 1.64. The Balaban J connectivity index is 2.71. The van der Waals surface area contributed by atoms with E-state index in [4.69, 9.17) is 9.47 Å². The highest BCUT2D eigenvalue weighted by Crippen LogP contribution is 2.22. The molecule has 0 radical (unpaired) electrons. The molecule has 0 aliphatic heterocycles. The van der Waals surface area contributed by atoms with E-state index in [0.29, 0.717) is 0 Å². The van der Waals surface area contributed by atoms with Gasteiger partial charge in [-0.15, -0.1) is 0 Å². The highest BCUT2D eigenvalue weighted by molar-refractivity contribution is 5.33. The highest BCUT2D eigenvalue weighted by Gasteiger charge is 2.18. The zero-order valence-corrected chi connectivity index (χ0v) is 9.83. The molecule has 0 aliphatic carbocycles. The quantitative estimate of drug-likeness (QED) is 0.805. The number of benzene rings is 1. The van der Waals surface area contributed by atoms with E-state index in [-0.39, 0.29) is 5.60 Å². The summed E-state index contributed by atoms with van der Waals surface area (Å²) in [5.41, 5.74) is -0.221. The van der Waals surface area contributed by atoms with E-state index < -0.39 is 0 Å². The summed E-state index contributed by atoms with van der Waals surface area (Å²) in [5, 5.41) is 3.10. The van der Waals surface area contributed by atoms with E-state index in [1.165, 1.54) is 0 Å². The zero-order valence-electron chi connectivity index (χ0n) is 9.83. The lowest BCUT2D eigenvalue weighted by molar-refractivity contribution is 0.110. The Labute approximate surface area is 91.4 Å². The maximum absolute atomic E-state index is 5.84. The highest BCUT2D eigenvalue weighted by atomic mass is 16.5. The van der Waals surface area contributed by atoms with Crippen molar-refractivity contribution in [3.8, 4) is 11.5 Å². The molecule has 1 N–H and O–H groups in total. The second kappa shape index (κ2) is 5.03. The van der Waals surface area contributed by atoms with Gasteiger partial charge in [0, 0.05) is 12.6 Å². The van der Waals surface area contributed by atoms with Crippen molar-refractivity contribution in [2.45, 2.75) is 19.4 Å². The topological polar surface area (TPSA) is 30.5 Å². The fraction of sp³-hybridized carbons (Fsp3) is 0.500. The summed E-state index contributed by atoms with van der Waals surface area (Å²) in [7, 11) is 3.56. The van der Waals surface area contributed by atoms with Crippen molar-refractivity contribution < 1.29 is 9.47 Å². The lowest BCUT2D eigenvalue weighted by Crippen LogP contribution is -2.38. The van der Waals surface area contributed by atoms with Gasteiger partial charge in [0.05, 0.1) is 7.11 Å². The normalized spacial score (nSPS) is 11.2. The van der Waals surface area contributed by atoms with E-state index >= 15 is 0 Å². The van der Waals surface area contributed by atoms with E-state index in [1.807, 2.05) is 45.2 Å². The smallest absolute Gasteiger partial charge is 0.123 e. The molecule has 0 amide bonds. The minimum Gasteiger partial charge on any atom is -0.497 e. The summed E-state index contributed by atoms with van der Waals surface area (Å²) in [6.07, 6.45) is 0. The molecule has 0 fully saturated rings. The van der Waals surface area contributed by atoms with E-state index in [2.05, 4.69) is 5.32 Å². The summed E-state index contributed by atoms with van der Waals surface area (Å²) >= 11 is 0.